The number of aliphatic imine (C=N–C) groups is 1. The Bertz CT molecular complexity index is 423. The monoisotopic (exact) mass is 247 g/mol. The van der Waals surface area contributed by atoms with Crippen molar-refractivity contribution < 1.29 is 14.3 Å². The summed E-state index contributed by atoms with van der Waals surface area (Å²) in [6.45, 7) is 2.02. The number of hydrogen-bond donors (Lipinski definition) is 0. The molecule has 0 spiro atoms. The van der Waals surface area contributed by atoms with Crippen LogP contribution in [0.15, 0.2) is 29.3 Å². The Morgan fingerprint density at radius 2 is 2.06 bits per heavy atom. The van der Waals surface area contributed by atoms with E-state index in [1.165, 1.54) is 7.11 Å². The van der Waals surface area contributed by atoms with Gasteiger partial charge in [-0.2, -0.15) is 0 Å². The molecule has 0 aliphatic carbocycles. The first-order chi connectivity index (χ1) is 8.67. The Hall–Kier alpha value is -1.97. The predicted octanol–water partition coefficient (Wildman–Crippen LogP) is 1.66. The molecule has 0 heterocycles. The Labute approximate surface area is 107 Å². The quantitative estimate of drug-likeness (QED) is 0.436. The van der Waals surface area contributed by atoms with Gasteiger partial charge in [0.25, 0.3) is 0 Å². The molecule has 1 aromatic carbocycles. The highest BCUT2D eigenvalue weighted by molar-refractivity contribution is 5.80. The van der Waals surface area contributed by atoms with Crippen LogP contribution in [0, 0.1) is 5.92 Å². The third-order valence-corrected chi connectivity index (χ3v) is 2.55. The zero-order valence-electron chi connectivity index (χ0n) is 10.6. The molecular formula is C14H17NO3. The molecule has 0 aromatic heterocycles. The lowest BCUT2D eigenvalue weighted by molar-refractivity contribution is -0.144. The Balaban J connectivity index is 2.60. The summed E-state index contributed by atoms with van der Waals surface area (Å²) in [5.41, 5.74) is 2.01. The van der Waals surface area contributed by atoms with E-state index >= 15 is 0 Å². The Kier molecular flexibility index (Phi) is 5.77. The molecule has 0 aliphatic rings. The molecular weight excluding hydrogens is 230 g/mol. The van der Waals surface area contributed by atoms with E-state index in [0.29, 0.717) is 6.42 Å². The smallest absolute Gasteiger partial charge is 0.308 e. The SMILES string of the molecule is COC(=O)C(C)Cc1ccc(C=NCC=O)cc1. The van der Waals surface area contributed by atoms with Gasteiger partial charge in [0.2, 0.25) is 0 Å². The van der Waals surface area contributed by atoms with Crippen molar-refractivity contribution in [3.8, 4) is 0 Å². The fourth-order valence-corrected chi connectivity index (χ4v) is 1.58. The van der Waals surface area contributed by atoms with E-state index in [1.807, 2.05) is 31.2 Å². The molecule has 0 aliphatic heterocycles. The van der Waals surface area contributed by atoms with Crippen LogP contribution >= 0.6 is 0 Å². The van der Waals surface area contributed by atoms with Gasteiger partial charge in [-0.3, -0.25) is 9.79 Å². The molecule has 0 N–H and O–H groups in total. The van der Waals surface area contributed by atoms with Crippen molar-refractivity contribution in [2.24, 2.45) is 10.9 Å². The maximum Gasteiger partial charge on any atom is 0.308 e. The molecule has 4 nitrogen and oxygen atoms in total. The summed E-state index contributed by atoms with van der Waals surface area (Å²) in [5, 5.41) is 0. The van der Waals surface area contributed by atoms with Crippen LogP contribution in [0.5, 0.6) is 0 Å². The van der Waals surface area contributed by atoms with Gasteiger partial charge in [0, 0.05) is 6.21 Å². The number of ether oxygens (including phenoxy) is 1. The Morgan fingerprint density at radius 1 is 1.39 bits per heavy atom. The maximum absolute atomic E-state index is 11.3. The number of hydrogen-bond acceptors (Lipinski definition) is 4. The average molecular weight is 247 g/mol. The zero-order chi connectivity index (χ0) is 13.4. The van der Waals surface area contributed by atoms with Gasteiger partial charge in [0.1, 0.15) is 6.29 Å². The van der Waals surface area contributed by atoms with E-state index < -0.39 is 0 Å². The molecule has 0 saturated carbocycles. The number of rotatable bonds is 6. The van der Waals surface area contributed by atoms with E-state index in [9.17, 15) is 9.59 Å². The van der Waals surface area contributed by atoms with Gasteiger partial charge in [-0.25, -0.2) is 0 Å². The van der Waals surface area contributed by atoms with Gasteiger partial charge in [-0.15, -0.1) is 0 Å². The summed E-state index contributed by atoms with van der Waals surface area (Å²) in [5.74, 6) is -0.351. The first kappa shape index (κ1) is 14.1. The Morgan fingerprint density at radius 3 is 2.61 bits per heavy atom. The molecule has 18 heavy (non-hydrogen) atoms. The highest BCUT2D eigenvalue weighted by Crippen LogP contribution is 2.10. The molecule has 1 aromatic rings. The fourth-order valence-electron chi connectivity index (χ4n) is 1.58. The molecule has 0 fully saturated rings. The lowest BCUT2D eigenvalue weighted by Gasteiger charge is -2.08. The summed E-state index contributed by atoms with van der Waals surface area (Å²) in [6, 6.07) is 7.71. The van der Waals surface area contributed by atoms with E-state index in [0.717, 1.165) is 17.4 Å². The number of carbonyl (C=O) groups excluding carboxylic acids is 2. The standard InChI is InChI=1S/C14H17NO3/c1-11(14(17)18-2)9-12-3-5-13(6-4-12)10-15-7-8-16/h3-6,8,10-11H,7,9H2,1-2H3. The molecule has 1 atom stereocenters. The first-order valence-corrected chi connectivity index (χ1v) is 5.77. The van der Waals surface area contributed by atoms with Crippen LogP contribution in [-0.4, -0.2) is 32.1 Å². The minimum Gasteiger partial charge on any atom is -0.469 e. The number of aldehydes is 1. The van der Waals surface area contributed by atoms with Crippen LogP contribution in [0.25, 0.3) is 0 Å². The lowest BCUT2D eigenvalue weighted by Crippen LogP contribution is -2.15. The van der Waals surface area contributed by atoms with Crippen LogP contribution in [0.3, 0.4) is 0 Å². The summed E-state index contributed by atoms with van der Waals surface area (Å²) >= 11 is 0. The van der Waals surface area contributed by atoms with E-state index in [2.05, 4.69) is 9.73 Å². The predicted molar refractivity (Wildman–Crippen MR) is 69.9 cm³/mol. The van der Waals surface area contributed by atoms with Gasteiger partial charge < -0.3 is 9.53 Å². The second kappa shape index (κ2) is 7.37. The molecule has 0 saturated heterocycles. The van der Waals surface area contributed by atoms with Gasteiger partial charge in [-0.05, 0) is 17.5 Å². The minimum absolute atomic E-state index is 0.149. The van der Waals surface area contributed by atoms with Crippen molar-refractivity contribution in [2.75, 3.05) is 13.7 Å². The topological polar surface area (TPSA) is 55.7 Å². The second-order valence-electron chi connectivity index (χ2n) is 4.03. The molecule has 0 amide bonds. The number of nitrogens with zero attached hydrogens (tertiary/aromatic N) is 1. The van der Waals surface area contributed by atoms with E-state index in [1.54, 1.807) is 6.21 Å². The third kappa shape index (κ3) is 4.49. The first-order valence-electron chi connectivity index (χ1n) is 5.77. The molecule has 0 bridgehead atoms. The highest BCUT2D eigenvalue weighted by Gasteiger charge is 2.13. The number of benzene rings is 1. The molecule has 0 radical (unpaired) electrons. The normalized spacial score (nSPS) is 12.3. The molecule has 4 heteroatoms. The fraction of sp³-hybridized carbons (Fsp3) is 0.357. The number of methoxy groups -OCH3 is 1. The van der Waals surface area contributed by atoms with Crippen molar-refractivity contribution in [3.05, 3.63) is 35.4 Å². The zero-order valence-corrected chi connectivity index (χ0v) is 10.6. The summed E-state index contributed by atoms with van der Waals surface area (Å²) in [6.07, 6.45) is 3.06. The van der Waals surface area contributed by atoms with E-state index in [4.69, 9.17) is 0 Å². The van der Waals surface area contributed by atoms with Crippen molar-refractivity contribution in [2.45, 2.75) is 13.3 Å². The summed E-state index contributed by atoms with van der Waals surface area (Å²) < 4.78 is 4.68. The van der Waals surface area contributed by atoms with Gasteiger partial charge in [0.15, 0.2) is 0 Å². The minimum atomic E-state index is -0.202. The van der Waals surface area contributed by atoms with Gasteiger partial charge in [0.05, 0.1) is 19.6 Å². The van der Waals surface area contributed by atoms with Crippen LogP contribution in [-0.2, 0) is 20.7 Å². The summed E-state index contributed by atoms with van der Waals surface area (Å²) in [7, 11) is 1.39. The highest BCUT2D eigenvalue weighted by atomic mass is 16.5. The molecule has 96 valence electrons. The molecule has 1 rings (SSSR count). The average Bonchev–Trinajstić information content (AvgIpc) is 2.40. The van der Waals surface area contributed by atoms with Gasteiger partial charge >= 0.3 is 5.97 Å². The lowest BCUT2D eigenvalue weighted by atomic mass is 10.0. The van der Waals surface area contributed by atoms with Crippen LogP contribution in [0.1, 0.15) is 18.1 Å². The molecule has 1 unspecified atom stereocenters. The number of carbonyl (C=O) groups is 2. The van der Waals surface area contributed by atoms with E-state index in [-0.39, 0.29) is 18.4 Å². The van der Waals surface area contributed by atoms with Crippen molar-refractivity contribution in [1.29, 1.82) is 0 Å². The largest absolute Gasteiger partial charge is 0.469 e. The third-order valence-electron chi connectivity index (χ3n) is 2.55. The van der Waals surface area contributed by atoms with Crippen LogP contribution < -0.4 is 0 Å². The maximum atomic E-state index is 11.3. The van der Waals surface area contributed by atoms with Crippen molar-refractivity contribution in [1.82, 2.24) is 0 Å². The van der Waals surface area contributed by atoms with Crippen molar-refractivity contribution in [3.63, 3.8) is 0 Å². The number of esters is 1. The second-order valence-corrected chi connectivity index (χ2v) is 4.03. The van der Waals surface area contributed by atoms with Crippen LogP contribution in [0.2, 0.25) is 0 Å². The summed E-state index contributed by atoms with van der Waals surface area (Å²) in [4.78, 5) is 25.3. The van der Waals surface area contributed by atoms with Crippen molar-refractivity contribution >= 4 is 18.5 Å². The van der Waals surface area contributed by atoms with Crippen LogP contribution in [0.4, 0.5) is 0 Å². The van der Waals surface area contributed by atoms with Gasteiger partial charge in [-0.1, -0.05) is 31.2 Å².